The molecule has 0 saturated carbocycles. The van der Waals surface area contributed by atoms with Gasteiger partial charge >= 0.3 is 0 Å². The van der Waals surface area contributed by atoms with Crippen molar-refractivity contribution < 1.29 is 0 Å². The zero-order chi connectivity index (χ0) is 19.5. The molecule has 0 spiro atoms. The molecule has 5 rings (SSSR count). The van der Waals surface area contributed by atoms with Crippen molar-refractivity contribution in [3.05, 3.63) is 97.3 Å². The van der Waals surface area contributed by atoms with Gasteiger partial charge in [-0.15, -0.1) is 0 Å². The average Bonchev–Trinajstić information content (AvgIpc) is 3.50. The lowest BCUT2D eigenvalue weighted by Gasteiger charge is -2.27. The van der Waals surface area contributed by atoms with Gasteiger partial charge in [-0.1, -0.05) is 30.3 Å². The lowest BCUT2D eigenvalue weighted by Crippen LogP contribution is -2.14. The molecule has 1 aliphatic rings. The van der Waals surface area contributed by atoms with Gasteiger partial charge in [-0.25, -0.2) is 4.68 Å². The third-order valence-corrected chi connectivity index (χ3v) is 4.95. The lowest BCUT2D eigenvalue weighted by molar-refractivity contribution is 0.880. The van der Waals surface area contributed by atoms with Gasteiger partial charge in [0.25, 0.3) is 0 Å². The Kier molecular flexibility index (Phi) is 4.54. The van der Waals surface area contributed by atoms with E-state index in [1.807, 2.05) is 34.2 Å². The second-order valence-corrected chi connectivity index (χ2v) is 6.87. The zero-order valence-corrected chi connectivity index (χ0v) is 16.0. The summed E-state index contributed by atoms with van der Waals surface area (Å²) in [6, 6.07) is 29.3. The molecule has 2 heterocycles. The van der Waals surface area contributed by atoms with E-state index in [9.17, 15) is 0 Å². The molecule has 1 aromatic heterocycles. The number of hydrogen-bond acceptors (Lipinski definition) is 4. The third-order valence-electron chi connectivity index (χ3n) is 4.95. The standard InChI is InChI=1S/C24H21N5/c1-2-8-20(9-3-1)29(23-12-4-10-21(18-23)27-16-6-14-25-27)24-13-5-11-22(19-24)28-17-7-15-26-28/h1-6,8-16,18-19H,7,17H2. The smallest absolute Gasteiger partial charge is 0.0666 e. The van der Waals surface area contributed by atoms with Crippen LogP contribution in [-0.2, 0) is 0 Å². The summed E-state index contributed by atoms with van der Waals surface area (Å²) in [5, 5.41) is 10.9. The van der Waals surface area contributed by atoms with Crippen molar-refractivity contribution in [3.63, 3.8) is 0 Å². The predicted octanol–water partition coefficient (Wildman–Crippen LogP) is 5.54. The lowest BCUT2D eigenvalue weighted by atomic mass is 10.1. The van der Waals surface area contributed by atoms with Gasteiger partial charge in [-0.05, 0) is 54.6 Å². The molecule has 3 aromatic carbocycles. The number of hydrogen-bond donors (Lipinski definition) is 0. The van der Waals surface area contributed by atoms with Gasteiger partial charge in [0.1, 0.15) is 0 Å². The first kappa shape index (κ1) is 17.3. The Morgan fingerprint density at radius 3 is 2.14 bits per heavy atom. The van der Waals surface area contributed by atoms with Crippen molar-refractivity contribution in [2.24, 2.45) is 5.10 Å². The van der Waals surface area contributed by atoms with Gasteiger partial charge in [0.15, 0.2) is 0 Å². The van der Waals surface area contributed by atoms with Crippen LogP contribution in [0.3, 0.4) is 0 Å². The zero-order valence-electron chi connectivity index (χ0n) is 16.0. The fourth-order valence-electron chi connectivity index (χ4n) is 3.60. The molecule has 0 aliphatic carbocycles. The van der Waals surface area contributed by atoms with Crippen molar-refractivity contribution in [2.45, 2.75) is 6.42 Å². The molecule has 29 heavy (non-hydrogen) atoms. The van der Waals surface area contributed by atoms with E-state index in [0.29, 0.717) is 0 Å². The first-order chi connectivity index (χ1) is 14.4. The minimum absolute atomic E-state index is 0.920. The molecule has 0 saturated heterocycles. The number of nitrogens with zero attached hydrogens (tertiary/aromatic N) is 5. The molecule has 0 atom stereocenters. The molecule has 0 N–H and O–H groups in total. The van der Waals surface area contributed by atoms with Crippen LogP contribution < -0.4 is 9.91 Å². The second-order valence-electron chi connectivity index (χ2n) is 6.87. The second kappa shape index (κ2) is 7.64. The van der Waals surface area contributed by atoms with E-state index >= 15 is 0 Å². The molecule has 0 amide bonds. The fraction of sp³-hybridized carbons (Fsp3) is 0.0833. The van der Waals surface area contributed by atoms with Crippen LogP contribution in [-0.4, -0.2) is 22.5 Å². The topological polar surface area (TPSA) is 36.7 Å². The average molecular weight is 379 g/mol. The molecule has 4 aromatic rings. The maximum absolute atomic E-state index is 4.48. The summed E-state index contributed by atoms with van der Waals surface area (Å²) in [4.78, 5) is 2.26. The number of benzene rings is 3. The predicted molar refractivity (Wildman–Crippen MR) is 119 cm³/mol. The number of aromatic nitrogens is 2. The molecular weight excluding hydrogens is 358 g/mol. The summed E-state index contributed by atoms with van der Waals surface area (Å²) in [6.07, 6.45) is 6.70. The minimum Gasteiger partial charge on any atom is -0.310 e. The van der Waals surface area contributed by atoms with Crippen LogP contribution in [0.2, 0.25) is 0 Å². The molecule has 0 unspecified atom stereocenters. The van der Waals surface area contributed by atoms with Crippen LogP contribution in [0.5, 0.6) is 0 Å². The maximum Gasteiger partial charge on any atom is 0.0666 e. The Morgan fingerprint density at radius 1 is 0.724 bits per heavy atom. The van der Waals surface area contributed by atoms with Crippen LogP contribution in [0.25, 0.3) is 5.69 Å². The van der Waals surface area contributed by atoms with Gasteiger partial charge in [-0.2, -0.15) is 10.2 Å². The van der Waals surface area contributed by atoms with Gasteiger partial charge < -0.3 is 4.90 Å². The van der Waals surface area contributed by atoms with Crippen LogP contribution in [0.4, 0.5) is 22.7 Å². The molecule has 0 radical (unpaired) electrons. The van der Waals surface area contributed by atoms with Crippen LogP contribution >= 0.6 is 0 Å². The number of hydrazone groups is 1. The molecule has 5 heteroatoms. The van der Waals surface area contributed by atoms with Gasteiger partial charge in [0.05, 0.1) is 11.4 Å². The molecule has 1 aliphatic heterocycles. The van der Waals surface area contributed by atoms with E-state index in [4.69, 9.17) is 0 Å². The highest BCUT2D eigenvalue weighted by molar-refractivity contribution is 5.79. The Morgan fingerprint density at radius 2 is 1.45 bits per heavy atom. The monoisotopic (exact) mass is 379 g/mol. The van der Waals surface area contributed by atoms with Crippen molar-refractivity contribution in [2.75, 3.05) is 16.5 Å². The Balaban J connectivity index is 1.61. The Labute approximate surface area is 170 Å². The minimum atomic E-state index is 0.920. The highest BCUT2D eigenvalue weighted by Gasteiger charge is 2.16. The van der Waals surface area contributed by atoms with E-state index in [2.05, 4.69) is 87.9 Å². The molecule has 0 fully saturated rings. The van der Waals surface area contributed by atoms with Crippen LogP contribution in [0, 0.1) is 0 Å². The van der Waals surface area contributed by atoms with E-state index in [1.54, 1.807) is 6.20 Å². The van der Waals surface area contributed by atoms with E-state index < -0.39 is 0 Å². The molecule has 5 nitrogen and oxygen atoms in total. The normalized spacial score (nSPS) is 13.0. The number of para-hydroxylation sites is 1. The molecular formula is C24H21N5. The van der Waals surface area contributed by atoms with E-state index in [0.717, 1.165) is 41.4 Å². The summed E-state index contributed by atoms with van der Waals surface area (Å²) in [5.74, 6) is 0. The van der Waals surface area contributed by atoms with Crippen molar-refractivity contribution in [1.82, 2.24) is 9.78 Å². The Bertz CT molecular complexity index is 1120. The van der Waals surface area contributed by atoms with Crippen molar-refractivity contribution in [3.8, 4) is 5.69 Å². The van der Waals surface area contributed by atoms with Gasteiger partial charge in [0.2, 0.25) is 0 Å². The van der Waals surface area contributed by atoms with Crippen LogP contribution in [0.1, 0.15) is 6.42 Å². The first-order valence-electron chi connectivity index (χ1n) is 9.74. The quantitative estimate of drug-likeness (QED) is 0.457. The summed E-state index contributed by atoms with van der Waals surface area (Å²) >= 11 is 0. The van der Waals surface area contributed by atoms with Crippen molar-refractivity contribution in [1.29, 1.82) is 0 Å². The van der Waals surface area contributed by atoms with E-state index in [1.165, 1.54) is 0 Å². The number of anilines is 4. The summed E-state index contributed by atoms with van der Waals surface area (Å²) in [7, 11) is 0. The molecule has 0 bridgehead atoms. The summed E-state index contributed by atoms with van der Waals surface area (Å²) in [5.41, 5.74) is 5.39. The van der Waals surface area contributed by atoms with Crippen molar-refractivity contribution >= 4 is 29.0 Å². The summed E-state index contributed by atoms with van der Waals surface area (Å²) in [6.45, 7) is 0.920. The highest BCUT2D eigenvalue weighted by Crippen LogP contribution is 2.37. The molecule has 142 valence electrons. The number of rotatable bonds is 5. The first-order valence-corrected chi connectivity index (χ1v) is 9.74. The van der Waals surface area contributed by atoms with Gasteiger partial charge in [-0.3, -0.25) is 5.01 Å². The van der Waals surface area contributed by atoms with Crippen LogP contribution in [0.15, 0.2) is 102 Å². The maximum atomic E-state index is 4.48. The van der Waals surface area contributed by atoms with Gasteiger partial charge in [0, 0.05) is 48.6 Å². The van der Waals surface area contributed by atoms with E-state index in [-0.39, 0.29) is 0 Å². The SMILES string of the molecule is C1=NN(c2cccc(N(c3ccccc3)c3cccc(-n4cccn4)c3)c2)CC1. The largest absolute Gasteiger partial charge is 0.310 e. The fourth-order valence-corrected chi connectivity index (χ4v) is 3.60. The summed E-state index contributed by atoms with van der Waals surface area (Å²) < 4.78 is 1.88. The third kappa shape index (κ3) is 3.50. The highest BCUT2D eigenvalue weighted by atomic mass is 15.5. The Hall–Kier alpha value is -3.86.